The van der Waals surface area contributed by atoms with E-state index in [-0.39, 0.29) is 18.2 Å². The first-order valence-electron chi connectivity index (χ1n) is 9.25. The van der Waals surface area contributed by atoms with E-state index in [1.165, 1.54) is 6.07 Å². The number of pyridine rings is 1. The lowest BCUT2D eigenvalue weighted by Gasteiger charge is -2.27. The minimum atomic E-state index is -0.311. The summed E-state index contributed by atoms with van der Waals surface area (Å²) < 4.78 is 20.9. The lowest BCUT2D eigenvalue weighted by atomic mass is 10.1. The zero-order valence-corrected chi connectivity index (χ0v) is 17.5. The molecule has 0 radical (unpaired) electrons. The van der Waals surface area contributed by atoms with Gasteiger partial charge in [0, 0.05) is 22.7 Å². The summed E-state index contributed by atoms with van der Waals surface area (Å²) in [6, 6.07) is 18.3. The van der Waals surface area contributed by atoms with Gasteiger partial charge < -0.3 is 10.5 Å². The van der Waals surface area contributed by atoms with Crippen molar-refractivity contribution in [2.75, 3.05) is 5.01 Å². The number of hydrogen-bond acceptors (Lipinski definition) is 6. The zero-order chi connectivity index (χ0) is 20.9. The van der Waals surface area contributed by atoms with Crippen molar-refractivity contribution >= 4 is 27.7 Å². The van der Waals surface area contributed by atoms with Crippen LogP contribution in [-0.2, 0) is 13.0 Å². The van der Waals surface area contributed by atoms with E-state index in [0.29, 0.717) is 33.9 Å². The van der Waals surface area contributed by atoms with Crippen molar-refractivity contribution in [2.45, 2.75) is 13.0 Å². The minimum absolute atomic E-state index is 0.180. The van der Waals surface area contributed by atoms with Gasteiger partial charge in [-0.3, -0.25) is 5.43 Å². The molecule has 30 heavy (non-hydrogen) atoms. The van der Waals surface area contributed by atoms with Gasteiger partial charge >= 0.3 is 0 Å². The summed E-state index contributed by atoms with van der Waals surface area (Å²) in [7, 11) is 0. The van der Waals surface area contributed by atoms with Gasteiger partial charge in [-0.2, -0.15) is 0 Å². The fraction of sp³-hybridized carbons (Fsp3) is 0.0909. The molecule has 152 valence electrons. The van der Waals surface area contributed by atoms with Crippen LogP contribution in [0.5, 0.6) is 5.75 Å². The van der Waals surface area contributed by atoms with Crippen molar-refractivity contribution in [1.29, 1.82) is 0 Å². The Kier molecular flexibility index (Phi) is 5.94. The van der Waals surface area contributed by atoms with Crippen LogP contribution in [0.1, 0.15) is 11.1 Å². The van der Waals surface area contributed by atoms with Gasteiger partial charge in [-0.1, -0.05) is 52.3 Å². The largest absolute Gasteiger partial charge is 0.485 e. The first-order valence-corrected chi connectivity index (χ1v) is 10.0. The predicted octanol–water partition coefficient (Wildman–Crippen LogP) is 4.29. The number of ether oxygens (including phenoxy) is 1. The number of nitrogens with zero attached hydrogens (tertiary/aromatic N) is 3. The van der Waals surface area contributed by atoms with Gasteiger partial charge in [0.2, 0.25) is 5.96 Å². The number of nitrogens with one attached hydrogen (secondary N) is 1. The number of aliphatic imine (C=N–C) groups is 1. The van der Waals surface area contributed by atoms with E-state index in [1.54, 1.807) is 35.6 Å². The molecule has 0 saturated carbocycles. The van der Waals surface area contributed by atoms with Gasteiger partial charge in [0.15, 0.2) is 11.6 Å². The molecule has 2 heterocycles. The number of hydrazine groups is 1. The standard InChI is InChI=1S/C22H19BrFN5O/c23-18-8-4-9-19(24)17(18)12-16-13-29(28-22(25)27-16)21-20(10-5-11-26-21)30-14-15-6-2-1-3-7-15/h1-11,13H,12,14H2,(H3,25,27,28). The molecule has 1 aromatic heterocycles. The number of guanidine groups is 1. The van der Waals surface area contributed by atoms with E-state index in [2.05, 4.69) is 31.3 Å². The molecule has 6 nitrogen and oxygen atoms in total. The molecule has 0 amide bonds. The topological polar surface area (TPSA) is 75.8 Å². The van der Waals surface area contributed by atoms with Crippen molar-refractivity contribution in [1.82, 2.24) is 10.4 Å². The average Bonchev–Trinajstić information content (AvgIpc) is 2.75. The van der Waals surface area contributed by atoms with Gasteiger partial charge in [0.1, 0.15) is 12.4 Å². The van der Waals surface area contributed by atoms with E-state index in [0.717, 1.165) is 5.56 Å². The molecule has 4 rings (SSSR count). The van der Waals surface area contributed by atoms with E-state index in [9.17, 15) is 4.39 Å². The van der Waals surface area contributed by atoms with Crippen molar-refractivity contribution in [3.8, 4) is 5.75 Å². The number of nitrogens with two attached hydrogens (primary N) is 1. The van der Waals surface area contributed by atoms with Crippen LogP contribution in [0.2, 0.25) is 0 Å². The molecule has 1 aliphatic rings. The van der Waals surface area contributed by atoms with E-state index >= 15 is 0 Å². The van der Waals surface area contributed by atoms with E-state index in [1.807, 2.05) is 36.4 Å². The molecule has 3 aromatic rings. The lowest BCUT2D eigenvalue weighted by Crippen LogP contribution is -2.46. The van der Waals surface area contributed by atoms with Crippen LogP contribution in [0.25, 0.3) is 0 Å². The predicted molar refractivity (Wildman–Crippen MR) is 118 cm³/mol. The fourth-order valence-corrected chi connectivity index (χ4v) is 3.49. The lowest BCUT2D eigenvalue weighted by molar-refractivity contribution is 0.305. The van der Waals surface area contributed by atoms with Crippen molar-refractivity contribution < 1.29 is 9.13 Å². The molecule has 0 bridgehead atoms. The second kappa shape index (κ2) is 8.96. The monoisotopic (exact) mass is 467 g/mol. The van der Waals surface area contributed by atoms with Crippen molar-refractivity contribution in [3.05, 3.63) is 100 Å². The Morgan fingerprint density at radius 1 is 1.07 bits per heavy atom. The van der Waals surface area contributed by atoms with Crippen LogP contribution >= 0.6 is 15.9 Å². The highest BCUT2D eigenvalue weighted by atomic mass is 79.9. The maximum atomic E-state index is 14.2. The Morgan fingerprint density at radius 3 is 2.70 bits per heavy atom. The van der Waals surface area contributed by atoms with Crippen LogP contribution in [0.15, 0.2) is 88.2 Å². The summed E-state index contributed by atoms with van der Waals surface area (Å²) in [5, 5.41) is 1.63. The minimum Gasteiger partial charge on any atom is -0.485 e. The molecule has 0 aliphatic carbocycles. The number of allylic oxidation sites excluding steroid dienone is 1. The maximum Gasteiger partial charge on any atom is 0.213 e. The molecular formula is C22H19BrFN5O. The number of benzene rings is 2. The Bertz CT molecular complexity index is 1080. The van der Waals surface area contributed by atoms with E-state index < -0.39 is 0 Å². The number of halogens is 2. The Balaban J connectivity index is 1.58. The Morgan fingerprint density at radius 2 is 1.90 bits per heavy atom. The molecule has 0 fully saturated rings. The molecular weight excluding hydrogens is 449 g/mol. The molecule has 3 N–H and O–H groups in total. The molecule has 8 heteroatoms. The number of hydrogen-bond donors (Lipinski definition) is 2. The maximum absolute atomic E-state index is 14.2. The van der Waals surface area contributed by atoms with Crippen LogP contribution < -0.4 is 20.9 Å². The summed E-state index contributed by atoms with van der Waals surface area (Å²) in [4.78, 5) is 8.73. The second-order valence-electron chi connectivity index (χ2n) is 6.58. The molecule has 0 atom stereocenters. The smallest absolute Gasteiger partial charge is 0.213 e. The van der Waals surface area contributed by atoms with Gasteiger partial charge in [-0.25, -0.2) is 19.4 Å². The summed E-state index contributed by atoms with van der Waals surface area (Å²) in [6.07, 6.45) is 3.65. The molecule has 0 saturated heterocycles. The summed E-state index contributed by atoms with van der Waals surface area (Å²) in [6.45, 7) is 0.399. The second-order valence-corrected chi connectivity index (χ2v) is 7.43. The highest BCUT2D eigenvalue weighted by Crippen LogP contribution is 2.28. The number of anilines is 1. The van der Waals surface area contributed by atoms with Crippen LogP contribution in [0, 0.1) is 5.82 Å². The highest BCUT2D eigenvalue weighted by Gasteiger charge is 2.19. The van der Waals surface area contributed by atoms with E-state index in [4.69, 9.17) is 10.5 Å². The quantitative estimate of drug-likeness (QED) is 0.565. The molecule has 0 spiro atoms. The third-order valence-corrected chi connectivity index (χ3v) is 5.16. The van der Waals surface area contributed by atoms with Gasteiger partial charge in [0.25, 0.3) is 0 Å². The molecule has 0 unspecified atom stereocenters. The van der Waals surface area contributed by atoms with Gasteiger partial charge in [-0.05, 0) is 29.8 Å². The SMILES string of the molecule is NC1=NC(Cc2c(F)cccc2Br)=CN(c2ncccc2OCc2ccccc2)N1. The first kappa shape index (κ1) is 19.9. The summed E-state index contributed by atoms with van der Waals surface area (Å²) in [5.74, 6) is 0.969. The zero-order valence-electron chi connectivity index (χ0n) is 15.9. The normalized spacial score (nSPS) is 13.3. The number of rotatable bonds is 6. The van der Waals surface area contributed by atoms with Crippen molar-refractivity contribution in [3.63, 3.8) is 0 Å². The Labute approximate surface area is 182 Å². The summed E-state index contributed by atoms with van der Waals surface area (Å²) >= 11 is 3.39. The third kappa shape index (κ3) is 4.60. The number of aromatic nitrogens is 1. The van der Waals surface area contributed by atoms with Crippen molar-refractivity contribution in [2.24, 2.45) is 10.7 Å². The summed E-state index contributed by atoms with van der Waals surface area (Å²) in [5.41, 5.74) is 11.1. The highest BCUT2D eigenvalue weighted by molar-refractivity contribution is 9.10. The van der Waals surface area contributed by atoms with Crippen LogP contribution in [0.3, 0.4) is 0 Å². The first-order chi connectivity index (χ1) is 14.6. The van der Waals surface area contributed by atoms with Crippen LogP contribution in [0.4, 0.5) is 10.2 Å². The third-order valence-electron chi connectivity index (χ3n) is 4.41. The van der Waals surface area contributed by atoms with Gasteiger partial charge in [0.05, 0.1) is 11.9 Å². The van der Waals surface area contributed by atoms with Gasteiger partial charge in [-0.15, -0.1) is 0 Å². The molecule has 2 aromatic carbocycles. The molecule has 1 aliphatic heterocycles. The average molecular weight is 468 g/mol. The fourth-order valence-electron chi connectivity index (χ4n) is 3.01. The van der Waals surface area contributed by atoms with Crippen LogP contribution in [-0.4, -0.2) is 10.9 Å². The Hall–Kier alpha value is -3.39.